The van der Waals surface area contributed by atoms with Crippen LogP contribution in [0.5, 0.6) is 0 Å². The van der Waals surface area contributed by atoms with Gasteiger partial charge in [-0.15, -0.1) is 0 Å². The second kappa shape index (κ2) is 3.02. The normalized spacial score (nSPS) is 15.9. The van der Waals surface area contributed by atoms with Crippen molar-refractivity contribution in [1.29, 1.82) is 0 Å². The monoisotopic (exact) mass is 172 g/mol. The number of hydrogen-bond acceptors (Lipinski definition) is 0. The summed E-state index contributed by atoms with van der Waals surface area (Å²) >= 11 is 0. The molecule has 0 atom stereocenters. The highest BCUT2D eigenvalue weighted by Gasteiger charge is 2.14. The Labute approximate surface area is 80.3 Å². The summed E-state index contributed by atoms with van der Waals surface area (Å²) in [5.41, 5.74) is 7.52. The van der Waals surface area contributed by atoms with E-state index in [1.165, 1.54) is 35.1 Å². The van der Waals surface area contributed by atoms with Gasteiger partial charge in [0.2, 0.25) is 0 Å². The van der Waals surface area contributed by atoms with Crippen molar-refractivity contribution in [2.75, 3.05) is 0 Å². The molecule has 0 nitrogen and oxygen atoms in total. The lowest BCUT2D eigenvalue weighted by Gasteiger charge is -2.20. The topological polar surface area (TPSA) is 0 Å². The fourth-order valence-electron chi connectivity index (χ4n) is 2.20. The molecule has 0 saturated carbocycles. The van der Waals surface area contributed by atoms with Crippen LogP contribution in [0, 0.1) is 6.92 Å². The van der Waals surface area contributed by atoms with Crippen LogP contribution in [-0.2, 0) is 6.42 Å². The first kappa shape index (κ1) is 8.55. The number of fused-ring (bicyclic) bond motifs is 1. The third-order valence-corrected chi connectivity index (χ3v) is 3.14. The molecule has 0 aliphatic heterocycles. The summed E-state index contributed by atoms with van der Waals surface area (Å²) in [7, 11) is 0. The van der Waals surface area contributed by atoms with Crippen molar-refractivity contribution < 1.29 is 0 Å². The zero-order valence-corrected chi connectivity index (χ0v) is 8.65. The molecule has 0 N–H and O–H groups in total. The zero-order chi connectivity index (χ0) is 9.42. The summed E-state index contributed by atoms with van der Waals surface area (Å²) in [6.07, 6.45) is 2.46. The SMILES string of the molecule is CC1=C(C)c2c(C)cccc2CC1. The Hall–Kier alpha value is -1.04. The van der Waals surface area contributed by atoms with Gasteiger partial charge in [-0.05, 0) is 55.9 Å². The number of hydrogen-bond donors (Lipinski definition) is 0. The van der Waals surface area contributed by atoms with Gasteiger partial charge in [0.05, 0.1) is 0 Å². The van der Waals surface area contributed by atoms with Gasteiger partial charge >= 0.3 is 0 Å². The Morgan fingerprint density at radius 1 is 1.00 bits per heavy atom. The van der Waals surface area contributed by atoms with Crippen molar-refractivity contribution >= 4 is 5.57 Å². The minimum atomic E-state index is 1.22. The van der Waals surface area contributed by atoms with Gasteiger partial charge in [0.1, 0.15) is 0 Å². The van der Waals surface area contributed by atoms with Crippen LogP contribution < -0.4 is 0 Å². The first-order chi connectivity index (χ1) is 6.20. The lowest BCUT2D eigenvalue weighted by Crippen LogP contribution is -2.03. The van der Waals surface area contributed by atoms with Gasteiger partial charge in [0.15, 0.2) is 0 Å². The van der Waals surface area contributed by atoms with Crippen LogP contribution in [0.1, 0.15) is 37.0 Å². The van der Waals surface area contributed by atoms with Gasteiger partial charge in [-0.3, -0.25) is 0 Å². The third-order valence-electron chi connectivity index (χ3n) is 3.14. The fourth-order valence-corrected chi connectivity index (χ4v) is 2.20. The summed E-state index contributed by atoms with van der Waals surface area (Å²) in [5.74, 6) is 0. The third kappa shape index (κ3) is 1.31. The lowest BCUT2D eigenvalue weighted by molar-refractivity contribution is 0.912. The molecule has 0 heterocycles. The van der Waals surface area contributed by atoms with E-state index in [-0.39, 0.29) is 0 Å². The molecule has 0 aromatic heterocycles. The van der Waals surface area contributed by atoms with Gasteiger partial charge in [0.25, 0.3) is 0 Å². The number of benzene rings is 1. The minimum Gasteiger partial charge on any atom is -0.0695 e. The molecule has 1 aromatic rings. The molecule has 0 fully saturated rings. The highest BCUT2D eigenvalue weighted by molar-refractivity contribution is 5.73. The van der Waals surface area contributed by atoms with Crippen LogP contribution in [0.4, 0.5) is 0 Å². The summed E-state index contributed by atoms with van der Waals surface area (Å²) in [5, 5.41) is 0. The van der Waals surface area contributed by atoms with Crippen LogP contribution in [0.2, 0.25) is 0 Å². The molecule has 1 aliphatic carbocycles. The highest BCUT2D eigenvalue weighted by Crippen LogP contribution is 2.32. The van der Waals surface area contributed by atoms with E-state index in [1.807, 2.05) is 0 Å². The van der Waals surface area contributed by atoms with Gasteiger partial charge in [-0.1, -0.05) is 23.8 Å². The van der Waals surface area contributed by atoms with E-state index in [4.69, 9.17) is 0 Å². The quantitative estimate of drug-likeness (QED) is 0.559. The lowest BCUT2D eigenvalue weighted by atomic mass is 9.85. The number of rotatable bonds is 0. The van der Waals surface area contributed by atoms with E-state index < -0.39 is 0 Å². The van der Waals surface area contributed by atoms with E-state index in [9.17, 15) is 0 Å². The Kier molecular flexibility index (Phi) is 1.99. The van der Waals surface area contributed by atoms with Gasteiger partial charge in [-0.25, -0.2) is 0 Å². The van der Waals surface area contributed by atoms with E-state index in [0.29, 0.717) is 0 Å². The van der Waals surface area contributed by atoms with Gasteiger partial charge in [-0.2, -0.15) is 0 Å². The summed E-state index contributed by atoms with van der Waals surface area (Å²) in [4.78, 5) is 0. The molecule has 0 amide bonds. The van der Waals surface area contributed by atoms with E-state index in [1.54, 1.807) is 5.57 Å². The predicted molar refractivity (Wildman–Crippen MR) is 57.8 cm³/mol. The van der Waals surface area contributed by atoms with E-state index >= 15 is 0 Å². The fraction of sp³-hybridized carbons (Fsp3) is 0.385. The number of aryl methyl sites for hydroxylation is 2. The van der Waals surface area contributed by atoms with Crippen LogP contribution in [-0.4, -0.2) is 0 Å². The Morgan fingerprint density at radius 3 is 2.54 bits per heavy atom. The van der Waals surface area contributed by atoms with Crippen molar-refractivity contribution in [2.24, 2.45) is 0 Å². The van der Waals surface area contributed by atoms with Crippen LogP contribution in [0.15, 0.2) is 23.8 Å². The molecular weight excluding hydrogens is 156 g/mol. The molecule has 0 spiro atoms. The first-order valence-corrected chi connectivity index (χ1v) is 4.95. The second-order valence-corrected chi connectivity index (χ2v) is 4.01. The molecule has 68 valence electrons. The maximum absolute atomic E-state index is 2.26. The van der Waals surface area contributed by atoms with Crippen molar-refractivity contribution in [1.82, 2.24) is 0 Å². The standard InChI is InChI=1S/C13H16/c1-9-7-8-12-6-4-5-10(2)13(12)11(9)3/h4-6H,7-8H2,1-3H3. The maximum Gasteiger partial charge on any atom is -0.0166 e. The molecular formula is C13H16. The largest absolute Gasteiger partial charge is 0.0695 e. The molecule has 0 radical (unpaired) electrons. The van der Waals surface area contributed by atoms with E-state index in [2.05, 4.69) is 39.0 Å². The van der Waals surface area contributed by atoms with Crippen molar-refractivity contribution in [3.63, 3.8) is 0 Å². The van der Waals surface area contributed by atoms with E-state index in [0.717, 1.165) is 0 Å². The van der Waals surface area contributed by atoms with Crippen LogP contribution >= 0.6 is 0 Å². The molecule has 0 saturated heterocycles. The first-order valence-electron chi connectivity index (χ1n) is 4.95. The predicted octanol–water partition coefficient (Wildman–Crippen LogP) is 3.73. The smallest absolute Gasteiger partial charge is 0.0166 e. The molecule has 0 unspecified atom stereocenters. The summed E-state index contributed by atoms with van der Waals surface area (Å²) in [6.45, 7) is 6.71. The molecule has 2 rings (SSSR count). The molecule has 0 bridgehead atoms. The molecule has 0 heteroatoms. The second-order valence-electron chi connectivity index (χ2n) is 4.01. The van der Waals surface area contributed by atoms with Crippen LogP contribution in [0.25, 0.3) is 5.57 Å². The molecule has 1 aromatic carbocycles. The average Bonchev–Trinajstić information content (AvgIpc) is 2.12. The average molecular weight is 172 g/mol. The number of allylic oxidation sites excluding steroid dienone is 2. The molecule has 1 aliphatic rings. The Bertz CT molecular complexity index is 370. The maximum atomic E-state index is 2.26. The van der Waals surface area contributed by atoms with Crippen molar-refractivity contribution in [2.45, 2.75) is 33.6 Å². The Morgan fingerprint density at radius 2 is 1.77 bits per heavy atom. The van der Waals surface area contributed by atoms with Crippen molar-refractivity contribution in [3.8, 4) is 0 Å². The highest BCUT2D eigenvalue weighted by atomic mass is 14.2. The zero-order valence-electron chi connectivity index (χ0n) is 8.65. The summed E-state index contributed by atoms with van der Waals surface area (Å²) in [6, 6.07) is 6.64. The van der Waals surface area contributed by atoms with Crippen molar-refractivity contribution in [3.05, 3.63) is 40.5 Å². The minimum absolute atomic E-state index is 1.22. The Balaban J connectivity index is 2.67. The van der Waals surface area contributed by atoms with Crippen LogP contribution in [0.3, 0.4) is 0 Å². The molecule has 13 heavy (non-hydrogen) atoms. The van der Waals surface area contributed by atoms with Gasteiger partial charge < -0.3 is 0 Å². The van der Waals surface area contributed by atoms with Gasteiger partial charge in [0, 0.05) is 0 Å². The summed E-state index contributed by atoms with van der Waals surface area (Å²) < 4.78 is 0.